The second kappa shape index (κ2) is 8.43. The number of nitro benzene ring substituents is 1. The molecular weight excluding hydrogens is 361 g/mol. The van der Waals surface area contributed by atoms with E-state index < -0.39 is 10.7 Å². The maximum absolute atomic E-state index is 13.4. The average molecular weight is 381 g/mol. The number of aromatic nitrogens is 2. The Hall–Kier alpha value is -3.55. The van der Waals surface area contributed by atoms with E-state index in [1.807, 2.05) is 44.2 Å². The van der Waals surface area contributed by atoms with Crippen LogP contribution in [0.25, 0.3) is 11.3 Å². The van der Waals surface area contributed by atoms with Crippen molar-refractivity contribution in [2.24, 2.45) is 0 Å². The lowest BCUT2D eigenvalue weighted by molar-refractivity contribution is -0.384. The molecule has 144 valence electrons. The third kappa shape index (κ3) is 4.59. The van der Waals surface area contributed by atoms with Gasteiger partial charge in [-0.15, -0.1) is 0 Å². The van der Waals surface area contributed by atoms with Gasteiger partial charge < -0.3 is 10.6 Å². The van der Waals surface area contributed by atoms with E-state index in [2.05, 4.69) is 20.6 Å². The van der Waals surface area contributed by atoms with Gasteiger partial charge in [0.2, 0.25) is 5.95 Å². The predicted octanol–water partition coefficient (Wildman–Crippen LogP) is 5.14. The monoisotopic (exact) mass is 381 g/mol. The van der Waals surface area contributed by atoms with Gasteiger partial charge in [-0.2, -0.15) is 4.98 Å². The molecule has 8 heteroatoms. The Morgan fingerprint density at radius 1 is 1.14 bits per heavy atom. The molecule has 0 aliphatic rings. The van der Waals surface area contributed by atoms with Crippen LogP contribution in [0, 0.1) is 15.9 Å². The van der Waals surface area contributed by atoms with Crippen molar-refractivity contribution in [3.8, 4) is 11.3 Å². The first-order valence-electron chi connectivity index (χ1n) is 8.88. The van der Waals surface area contributed by atoms with Crippen LogP contribution in [0.15, 0.2) is 54.6 Å². The second-order valence-electron chi connectivity index (χ2n) is 6.33. The first-order chi connectivity index (χ1) is 13.5. The summed E-state index contributed by atoms with van der Waals surface area (Å²) in [6.07, 6.45) is 0.880. The van der Waals surface area contributed by atoms with Crippen molar-refractivity contribution in [2.75, 3.05) is 10.6 Å². The van der Waals surface area contributed by atoms with E-state index in [1.54, 1.807) is 6.07 Å². The van der Waals surface area contributed by atoms with Crippen molar-refractivity contribution >= 4 is 23.1 Å². The fourth-order valence-electron chi connectivity index (χ4n) is 2.55. The van der Waals surface area contributed by atoms with Crippen LogP contribution in [-0.2, 0) is 0 Å². The fourth-order valence-corrected chi connectivity index (χ4v) is 2.55. The van der Waals surface area contributed by atoms with E-state index in [9.17, 15) is 14.5 Å². The lowest BCUT2D eigenvalue weighted by atomic mass is 10.1. The summed E-state index contributed by atoms with van der Waals surface area (Å²) in [4.78, 5) is 19.6. The molecule has 1 aromatic heterocycles. The second-order valence-corrected chi connectivity index (χ2v) is 6.33. The molecule has 1 heterocycles. The van der Waals surface area contributed by atoms with Gasteiger partial charge in [0.15, 0.2) is 0 Å². The van der Waals surface area contributed by atoms with Gasteiger partial charge in [-0.25, -0.2) is 9.37 Å². The van der Waals surface area contributed by atoms with Gasteiger partial charge in [-0.3, -0.25) is 10.1 Å². The number of nitrogens with one attached hydrogen (secondary N) is 2. The molecule has 0 saturated carbocycles. The van der Waals surface area contributed by atoms with E-state index in [1.165, 1.54) is 6.07 Å². The number of rotatable bonds is 7. The molecular formula is C20H20FN5O2. The summed E-state index contributed by atoms with van der Waals surface area (Å²) in [6, 6.07) is 14.7. The van der Waals surface area contributed by atoms with E-state index in [0.717, 1.165) is 24.1 Å². The molecule has 2 aromatic carbocycles. The van der Waals surface area contributed by atoms with Crippen LogP contribution in [-0.4, -0.2) is 20.9 Å². The molecule has 28 heavy (non-hydrogen) atoms. The summed E-state index contributed by atoms with van der Waals surface area (Å²) in [5.41, 5.74) is 1.33. The molecule has 0 unspecified atom stereocenters. The minimum absolute atomic E-state index is 0.151. The molecule has 0 fully saturated rings. The Labute approximate surface area is 161 Å². The number of benzene rings is 2. The van der Waals surface area contributed by atoms with Crippen molar-refractivity contribution in [3.05, 3.63) is 70.5 Å². The Morgan fingerprint density at radius 2 is 1.89 bits per heavy atom. The lowest BCUT2D eigenvalue weighted by Crippen LogP contribution is -2.16. The highest BCUT2D eigenvalue weighted by molar-refractivity contribution is 5.71. The van der Waals surface area contributed by atoms with Gasteiger partial charge in [0, 0.05) is 17.7 Å². The third-order valence-corrected chi connectivity index (χ3v) is 4.20. The smallest absolute Gasteiger partial charge is 0.295 e. The van der Waals surface area contributed by atoms with E-state index >= 15 is 0 Å². The van der Waals surface area contributed by atoms with Crippen LogP contribution >= 0.6 is 0 Å². The van der Waals surface area contributed by atoms with E-state index in [-0.39, 0.29) is 17.4 Å². The van der Waals surface area contributed by atoms with Gasteiger partial charge in [-0.05, 0) is 25.5 Å². The first kappa shape index (κ1) is 19.2. The standard InChI is InChI=1S/C20H20FN5O2/c1-3-13(2)22-20-24-17(14-7-5-4-6-8-14)12-19(25-20)23-16-10-9-15(21)11-18(16)26(27)28/h4-13H,3H2,1-2H3,(H2,22,23,24,25)/t13-/m1/s1. The maximum atomic E-state index is 13.4. The molecule has 0 aliphatic carbocycles. The van der Waals surface area contributed by atoms with Crippen LogP contribution < -0.4 is 10.6 Å². The van der Waals surface area contributed by atoms with Gasteiger partial charge >= 0.3 is 0 Å². The zero-order valence-corrected chi connectivity index (χ0v) is 15.5. The molecule has 0 aliphatic heterocycles. The summed E-state index contributed by atoms with van der Waals surface area (Å²) in [7, 11) is 0. The minimum atomic E-state index is -0.677. The molecule has 0 saturated heterocycles. The highest BCUT2D eigenvalue weighted by atomic mass is 19.1. The number of hydrogen-bond acceptors (Lipinski definition) is 6. The Morgan fingerprint density at radius 3 is 2.57 bits per heavy atom. The highest BCUT2D eigenvalue weighted by Gasteiger charge is 2.17. The Balaban J connectivity index is 2.03. The quantitative estimate of drug-likeness (QED) is 0.434. The van der Waals surface area contributed by atoms with Gasteiger partial charge in [0.05, 0.1) is 16.7 Å². The van der Waals surface area contributed by atoms with Crippen molar-refractivity contribution in [1.29, 1.82) is 0 Å². The maximum Gasteiger partial charge on any atom is 0.295 e. The lowest BCUT2D eigenvalue weighted by Gasteiger charge is -2.14. The van der Waals surface area contributed by atoms with E-state index in [0.29, 0.717) is 17.5 Å². The molecule has 3 rings (SSSR count). The zero-order valence-electron chi connectivity index (χ0n) is 15.5. The molecule has 0 amide bonds. The van der Waals surface area contributed by atoms with Crippen molar-refractivity contribution in [2.45, 2.75) is 26.3 Å². The zero-order chi connectivity index (χ0) is 20.1. The normalized spacial score (nSPS) is 11.7. The summed E-state index contributed by atoms with van der Waals surface area (Å²) >= 11 is 0. The summed E-state index contributed by atoms with van der Waals surface area (Å²) in [5.74, 6) is 0.0985. The molecule has 0 spiro atoms. The molecule has 2 N–H and O–H groups in total. The molecule has 3 aromatic rings. The number of nitrogens with zero attached hydrogens (tertiary/aromatic N) is 3. The molecule has 7 nitrogen and oxygen atoms in total. The van der Waals surface area contributed by atoms with Crippen molar-refractivity contribution < 1.29 is 9.31 Å². The third-order valence-electron chi connectivity index (χ3n) is 4.20. The van der Waals surface area contributed by atoms with Gasteiger partial charge in [0.1, 0.15) is 17.3 Å². The van der Waals surface area contributed by atoms with Crippen LogP contribution in [0.4, 0.5) is 27.5 Å². The van der Waals surface area contributed by atoms with Crippen LogP contribution in [0.2, 0.25) is 0 Å². The highest BCUT2D eigenvalue weighted by Crippen LogP contribution is 2.29. The van der Waals surface area contributed by atoms with Crippen molar-refractivity contribution in [1.82, 2.24) is 9.97 Å². The number of nitro groups is 1. The topological polar surface area (TPSA) is 93.0 Å². The fraction of sp³-hybridized carbons (Fsp3) is 0.200. The summed E-state index contributed by atoms with van der Waals surface area (Å²) < 4.78 is 13.4. The number of halogens is 1. The summed E-state index contributed by atoms with van der Waals surface area (Å²) in [5, 5.41) is 17.4. The first-order valence-corrected chi connectivity index (χ1v) is 8.88. The van der Waals surface area contributed by atoms with Crippen LogP contribution in [0.5, 0.6) is 0 Å². The van der Waals surface area contributed by atoms with Crippen LogP contribution in [0.3, 0.4) is 0 Å². The minimum Gasteiger partial charge on any atom is -0.352 e. The van der Waals surface area contributed by atoms with E-state index in [4.69, 9.17) is 0 Å². The van der Waals surface area contributed by atoms with Gasteiger partial charge in [0.25, 0.3) is 5.69 Å². The Kier molecular flexibility index (Phi) is 5.78. The SMILES string of the molecule is CC[C@@H](C)Nc1nc(Nc2ccc(F)cc2[N+](=O)[O-])cc(-c2ccccc2)n1. The van der Waals surface area contributed by atoms with Gasteiger partial charge in [-0.1, -0.05) is 37.3 Å². The number of anilines is 3. The summed E-state index contributed by atoms with van der Waals surface area (Å²) in [6.45, 7) is 4.05. The average Bonchev–Trinajstić information content (AvgIpc) is 2.69. The van der Waals surface area contributed by atoms with Crippen LogP contribution in [0.1, 0.15) is 20.3 Å². The predicted molar refractivity (Wildman–Crippen MR) is 107 cm³/mol. The van der Waals surface area contributed by atoms with Crippen molar-refractivity contribution in [3.63, 3.8) is 0 Å². The Bertz CT molecular complexity index is 982. The molecule has 1 atom stereocenters. The number of hydrogen-bond donors (Lipinski definition) is 2. The molecule has 0 radical (unpaired) electrons. The largest absolute Gasteiger partial charge is 0.352 e. The molecule has 0 bridgehead atoms.